The average molecular weight is 294 g/mol. The predicted octanol–water partition coefficient (Wildman–Crippen LogP) is 4.25. The summed E-state index contributed by atoms with van der Waals surface area (Å²) >= 11 is 6.03. The standard InChI is InChI=1S/C17H12ClN3/c18-13-7-4-8-14(9-13)21-11-16(15(10-19)17(21)20)12-5-2-1-3-6-12/h1-9,11H,20H2. The fourth-order valence-electron chi connectivity index (χ4n) is 2.32. The highest BCUT2D eigenvalue weighted by atomic mass is 35.5. The van der Waals surface area contributed by atoms with Gasteiger partial charge < -0.3 is 10.3 Å². The molecule has 0 amide bonds. The van der Waals surface area contributed by atoms with Crippen LogP contribution in [0.1, 0.15) is 5.56 Å². The molecule has 2 aromatic carbocycles. The van der Waals surface area contributed by atoms with Crippen molar-refractivity contribution in [2.75, 3.05) is 5.73 Å². The molecule has 102 valence electrons. The fraction of sp³-hybridized carbons (Fsp3) is 0. The van der Waals surface area contributed by atoms with Gasteiger partial charge >= 0.3 is 0 Å². The lowest BCUT2D eigenvalue weighted by Crippen LogP contribution is -1.99. The topological polar surface area (TPSA) is 54.7 Å². The highest BCUT2D eigenvalue weighted by molar-refractivity contribution is 6.30. The van der Waals surface area contributed by atoms with Crippen molar-refractivity contribution in [3.05, 3.63) is 71.4 Å². The Morgan fingerprint density at radius 3 is 2.48 bits per heavy atom. The van der Waals surface area contributed by atoms with Gasteiger partial charge in [-0.2, -0.15) is 5.26 Å². The molecular formula is C17H12ClN3. The third-order valence-corrected chi connectivity index (χ3v) is 3.56. The molecule has 1 heterocycles. The SMILES string of the molecule is N#Cc1c(-c2ccccc2)cn(-c2cccc(Cl)c2)c1N. The Kier molecular flexibility index (Phi) is 3.39. The molecule has 0 saturated heterocycles. The van der Waals surface area contributed by atoms with Gasteiger partial charge in [0.15, 0.2) is 0 Å². The first-order chi connectivity index (χ1) is 10.2. The van der Waals surface area contributed by atoms with E-state index in [0.717, 1.165) is 16.8 Å². The molecule has 0 radical (unpaired) electrons. The van der Waals surface area contributed by atoms with Crippen LogP contribution in [-0.2, 0) is 0 Å². The highest BCUT2D eigenvalue weighted by Gasteiger charge is 2.15. The molecule has 0 spiro atoms. The summed E-state index contributed by atoms with van der Waals surface area (Å²) in [4.78, 5) is 0. The molecule has 4 heteroatoms. The van der Waals surface area contributed by atoms with Gasteiger partial charge in [-0.3, -0.25) is 0 Å². The predicted molar refractivity (Wildman–Crippen MR) is 85.3 cm³/mol. The summed E-state index contributed by atoms with van der Waals surface area (Å²) in [7, 11) is 0. The molecule has 2 N–H and O–H groups in total. The minimum atomic E-state index is 0.415. The van der Waals surface area contributed by atoms with Gasteiger partial charge in [-0.05, 0) is 23.8 Å². The number of aromatic nitrogens is 1. The maximum atomic E-state index is 9.41. The monoisotopic (exact) mass is 293 g/mol. The van der Waals surface area contributed by atoms with E-state index in [9.17, 15) is 5.26 Å². The van der Waals surface area contributed by atoms with Gasteiger partial charge in [-0.1, -0.05) is 48.0 Å². The largest absolute Gasteiger partial charge is 0.384 e. The van der Waals surface area contributed by atoms with Gasteiger partial charge in [0.25, 0.3) is 0 Å². The normalized spacial score (nSPS) is 10.3. The Hall–Kier alpha value is -2.70. The Morgan fingerprint density at radius 1 is 1.05 bits per heavy atom. The van der Waals surface area contributed by atoms with Crippen LogP contribution in [0.4, 0.5) is 5.82 Å². The molecule has 21 heavy (non-hydrogen) atoms. The Morgan fingerprint density at radius 2 is 1.81 bits per heavy atom. The number of anilines is 1. The van der Waals surface area contributed by atoms with Crippen LogP contribution in [0.15, 0.2) is 60.8 Å². The fourth-order valence-corrected chi connectivity index (χ4v) is 2.50. The third-order valence-electron chi connectivity index (χ3n) is 3.33. The lowest BCUT2D eigenvalue weighted by molar-refractivity contribution is 1.09. The van der Waals surface area contributed by atoms with Crippen LogP contribution in [0.3, 0.4) is 0 Å². The van der Waals surface area contributed by atoms with Crippen molar-refractivity contribution in [3.8, 4) is 22.9 Å². The van der Waals surface area contributed by atoms with E-state index >= 15 is 0 Å². The average Bonchev–Trinajstić information content (AvgIpc) is 2.85. The van der Waals surface area contributed by atoms with Crippen molar-refractivity contribution in [2.45, 2.75) is 0 Å². The number of benzene rings is 2. The summed E-state index contributed by atoms with van der Waals surface area (Å²) in [5.41, 5.74) is 9.21. The van der Waals surface area contributed by atoms with Crippen molar-refractivity contribution >= 4 is 17.4 Å². The molecular weight excluding hydrogens is 282 g/mol. The first kappa shape index (κ1) is 13.3. The molecule has 3 nitrogen and oxygen atoms in total. The molecule has 0 saturated carbocycles. The van der Waals surface area contributed by atoms with E-state index in [0.29, 0.717) is 16.4 Å². The van der Waals surface area contributed by atoms with E-state index in [4.69, 9.17) is 17.3 Å². The zero-order valence-electron chi connectivity index (χ0n) is 11.1. The number of nitrogen functional groups attached to an aromatic ring is 1. The van der Waals surface area contributed by atoms with Gasteiger partial charge in [-0.15, -0.1) is 0 Å². The number of nitrogens with zero attached hydrogens (tertiary/aromatic N) is 2. The summed E-state index contributed by atoms with van der Waals surface area (Å²) in [6.07, 6.45) is 1.87. The molecule has 0 aliphatic heterocycles. The zero-order chi connectivity index (χ0) is 14.8. The van der Waals surface area contributed by atoms with Gasteiger partial charge in [-0.25, -0.2) is 0 Å². The van der Waals surface area contributed by atoms with Gasteiger partial charge in [0.1, 0.15) is 17.5 Å². The lowest BCUT2D eigenvalue weighted by Gasteiger charge is -2.05. The molecule has 1 aromatic heterocycles. The molecule has 0 aliphatic rings. The van der Waals surface area contributed by atoms with Gasteiger partial charge in [0.2, 0.25) is 0 Å². The number of rotatable bonds is 2. The van der Waals surface area contributed by atoms with Crippen LogP contribution in [0.2, 0.25) is 5.02 Å². The van der Waals surface area contributed by atoms with E-state index in [2.05, 4.69) is 6.07 Å². The van der Waals surface area contributed by atoms with E-state index in [1.165, 1.54) is 0 Å². The number of nitriles is 1. The Bertz CT molecular complexity index is 829. The molecule has 3 rings (SSSR count). The van der Waals surface area contributed by atoms with Crippen molar-refractivity contribution < 1.29 is 0 Å². The van der Waals surface area contributed by atoms with Crippen LogP contribution in [0.5, 0.6) is 0 Å². The number of hydrogen-bond acceptors (Lipinski definition) is 2. The second-order valence-corrected chi connectivity index (χ2v) is 5.07. The zero-order valence-corrected chi connectivity index (χ0v) is 11.9. The van der Waals surface area contributed by atoms with E-state index in [-0.39, 0.29) is 0 Å². The highest BCUT2D eigenvalue weighted by Crippen LogP contribution is 2.31. The van der Waals surface area contributed by atoms with Crippen molar-refractivity contribution in [3.63, 3.8) is 0 Å². The summed E-state index contributed by atoms with van der Waals surface area (Å²) in [6.45, 7) is 0. The molecule has 0 atom stereocenters. The van der Waals surface area contributed by atoms with E-state index < -0.39 is 0 Å². The van der Waals surface area contributed by atoms with Crippen molar-refractivity contribution in [1.29, 1.82) is 5.26 Å². The third kappa shape index (κ3) is 2.37. The van der Waals surface area contributed by atoms with Crippen molar-refractivity contribution in [1.82, 2.24) is 4.57 Å². The maximum absolute atomic E-state index is 9.41. The van der Waals surface area contributed by atoms with Gasteiger partial charge in [0, 0.05) is 22.5 Å². The van der Waals surface area contributed by atoms with Crippen LogP contribution >= 0.6 is 11.6 Å². The van der Waals surface area contributed by atoms with E-state index in [1.54, 1.807) is 10.6 Å². The van der Waals surface area contributed by atoms with Crippen LogP contribution in [0, 0.1) is 11.3 Å². The second kappa shape index (κ2) is 5.35. The summed E-state index contributed by atoms with van der Waals surface area (Å²) < 4.78 is 1.78. The van der Waals surface area contributed by atoms with E-state index in [1.807, 2.05) is 54.7 Å². The Labute approximate surface area is 127 Å². The lowest BCUT2D eigenvalue weighted by atomic mass is 10.1. The Balaban J connectivity index is 2.21. The molecule has 0 unspecified atom stereocenters. The van der Waals surface area contributed by atoms with Gasteiger partial charge in [0.05, 0.1) is 0 Å². The summed E-state index contributed by atoms with van der Waals surface area (Å²) in [5, 5.41) is 10.0. The summed E-state index contributed by atoms with van der Waals surface area (Å²) in [6, 6.07) is 19.3. The molecule has 0 fully saturated rings. The smallest absolute Gasteiger partial charge is 0.126 e. The molecule has 0 aliphatic carbocycles. The molecule has 3 aromatic rings. The number of halogens is 1. The summed E-state index contributed by atoms with van der Waals surface area (Å²) in [5.74, 6) is 0.415. The number of hydrogen-bond donors (Lipinski definition) is 1. The quantitative estimate of drug-likeness (QED) is 0.768. The maximum Gasteiger partial charge on any atom is 0.126 e. The van der Waals surface area contributed by atoms with Crippen LogP contribution in [0.25, 0.3) is 16.8 Å². The minimum absolute atomic E-state index is 0.415. The van der Waals surface area contributed by atoms with Crippen molar-refractivity contribution in [2.24, 2.45) is 0 Å². The second-order valence-electron chi connectivity index (χ2n) is 4.63. The number of nitrogens with two attached hydrogens (primary N) is 1. The first-order valence-corrected chi connectivity index (χ1v) is 6.81. The van der Waals surface area contributed by atoms with Crippen LogP contribution < -0.4 is 5.73 Å². The molecule has 0 bridgehead atoms. The minimum Gasteiger partial charge on any atom is -0.384 e. The van der Waals surface area contributed by atoms with Crippen LogP contribution in [-0.4, -0.2) is 4.57 Å². The first-order valence-electron chi connectivity index (χ1n) is 6.43.